The summed E-state index contributed by atoms with van der Waals surface area (Å²) >= 11 is 0. The first-order valence-corrected chi connectivity index (χ1v) is 20.7. The van der Waals surface area contributed by atoms with Crippen molar-refractivity contribution < 1.29 is 4.42 Å². The summed E-state index contributed by atoms with van der Waals surface area (Å²) in [6.07, 6.45) is 0. The molecule has 5 nitrogen and oxygen atoms in total. The predicted molar refractivity (Wildman–Crippen MR) is 252 cm³/mol. The van der Waals surface area contributed by atoms with Crippen molar-refractivity contribution >= 4 is 76.5 Å². The Balaban J connectivity index is 1.14. The number of rotatable bonds is 5. The van der Waals surface area contributed by atoms with E-state index in [2.05, 4.69) is 197 Å². The van der Waals surface area contributed by atoms with Crippen LogP contribution in [0.15, 0.2) is 211 Å². The number of aromatic nitrogens is 4. The minimum atomic E-state index is 0.685. The number of benzene rings is 9. The summed E-state index contributed by atoms with van der Waals surface area (Å²) in [6, 6.07) is 73.1. The van der Waals surface area contributed by atoms with Crippen LogP contribution in [0.1, 0.15) is 0 Å². The standard InChI is InChI=1S/C56H34N4O/c1-3-15-35(16-4-1)37-19-13-21-39(33-37)60-49-32-31-44-42-24-9-12-28-50(42)61-55(44)51(49)46-30-29-43-41-23-8-11-27-48(41)59(53(43)54(46)60)40-22-14-20-38(34-40)56-57-47-26-10-7-25-45(47)52(58-56)36-17-5-2-6-18-36/h1-34H. The van der Waals surface area contributed by atoms with Gasteiger partial charge in [0.1, 0.15) is 11.2 Å². The van der Waals surface area contributed by atoms with E-state index < -0.39 is 0 Å². The summed E-state index contributed by atoms with van der Waals surface area (Å²) in [5, 5.41) is 7.83. The van der Waals surface area contributed by atoms with Gasteiger partial charge in [-0.2, -0.15) is 0 Å². The SMILES string of the molecule is c1ccc(-c2cccc(-n3c4ccc5c6ccccc6oc5c4c4ccc5c6ccccc6n(-c6cccc(-c7nc(-c8ccccc8)c8ccccc8n7)c6)c5c43)c2)cc1. The molecule has 0 aliphatic carbocycles. The summed E-state index contributed by atoms with van der Waals surface area (Å²) in [4.78, 5) is 10.4. The number of hydrogen-bond donors (Lipinski definition) is 0. The lowest BCUT2D eigenvalue weighted by molar-refractivity contribution is 0.673. The van der Waals surface area contributed by atoms with Gasteiger partial charge in [-0.05, 0) is 65.7 Å². The molecule has 0 spiro atoms. The Kier molecular flexibility index (Phi) is 7.24. The van der Waals surface area contributed by atoms with Crippen LogP contribution in [0.2, 0.25) is 0 Å². The van der Waals surface area contributed by atoms with Crippen LogP contribution in [0, 0.1) is 0 Å². The lowest BCUT2D eigenvalue weighted by atomic mass is 10.1. The first kappa shape index (κ1) is 33.7. The Labute approximate surface area is 350 Å². The second-order valence-corrected chi connectivity index (χ2v) is 15.7. The Morgan fingerprint density at radius 3 is 1.77 bits per heavy atom. The molecule has 0 bridgehead atoms. The van der Waals surface area contributed by atoms with Gasteiger partial charge in [-0.25, -0.2) is 9.97 Å². The zero-order valence-electron chi connectivity index (χ0n) is 32.8. The summed E-state index contributed by atoms with van der Waals surface area (Å²) in [7, 11) is 0. The third-order valence-corrected chi connectivity index (χ3v) is 12.3. The van der Waals surface area contributed by atoms with Crippen LogP contribution >= 0.6 is 0 Å². The van der Waals surface area contributed by atoms with Crippen molar-refractivity contribution in [3.05, 3.63) is 206 Å². The van der Waals surface area contributed by atoms with Crippen molar-refractivity contribution in [2.24, 2.45) is 0 Å². The van der Waals surface area contributed by atoms with Crippen molar-refractivity contribution in [3.63, 3.8) is 0 Å². The molecule has 0 fully saturated rings. The maximum atomic E-state index is 6.80. The smallest absolute Gasteiger partial charge is 0.160 e. The molecule has 4 aromatic heterocycles. The average molecular weight is 779 g/mol. The molecule has 0 N–H and O–H groups in total. The molecule has 0 saturated heterocycles. The lowest BCUT2D eigenvalue weighted by Crippen LogP contribution is -2.00. The van der Waals surface area contributed by atoms with Crippen molar-refractivity contribution in [2.75, 3.05) is 0 Å². The molecule has 61 heavy (non-hydrogen) atoms. The van der Waals surface area contributed by atoms with Gasteiger partial charge in [0.15, 0.2) is 5.82 Å². The highest BCUT2D eigenvalue weighted by molar-refractivity contribution is 6.29. The largest absolute Gasteiger partial charge is 0.455 e. The van der Waals surface area contributed by atoms with E-state index in [-0.39, 0.29) is 0 Å². The summed E-state index contributed by atoms with van der Waals surface area (Å²) < 4.78 is 11.7. The number of nitrogens with zero attached hydrogens (tertiary/aromatic N) is 4. The van der Waals surface area contributed by atoms with Crippen LogP contribution in [0.5, 0.6) is 0 Å². The second-order valence-electron chi connectivity index (χ2n) is 15.7. The van der Waals surface area contributed by atoms with Gasteiger partial charge in [-0.1, -0.05) is 152 Å². The first-order valence-electron chi connectivity index (χ1n) is 20.7. The molecule has 0 aliphatic rings. The van der Waals surface area contributed by atoms with Gasteiger partial charge in [-0.15, -0.1) is 0 Å². The third-order valence-electron chi connectivity index (χ3n) is 12.3. The Morgan fingerprint density at radius 1 is 0.361 bits per heavy atom. The first-order chi connectivity index (χ1) is 30.3. The van der Waals surface area contributed by atoms with Crippen LogP contribution in [-0.2, 0) is 0 Å². The quantitative estimate of drug-likeness (QED) is 0.175. The fourth-order valence-electron chi connectivity index (χ4n) is 9.61. The fourth-order valence-corrected chi connectivity index (χ4v) is 9.61. The Hall–Kier alpha value is -8.28. The van der Waals surface area contributed by atoms with Crippen molar-refractivity contribution in [1.82, 2.24) is 19.1 Å². The van der Waals surface area contributed by atoms with E-state index in [4.69, 9.17) is 14.4 Å². The topological polar surface area (TPSA) is 48.8 Å². The minimum Gasteiger partial charge on any atom is -0.455 e. The van der Waals surface area contributed by atoms with Crippen molar-refractivity contribution in [1.29, 1.82) is 0 Å². The van der Waals surface area contributed by atoms with Crippen LogP contribution in [0.3, 0.4) is 0 Å². The maximum Gasteiger partial charge on any atom is 0.160 e. The molecule has 0 saturated carbocycles. The molecule has 0 radical (unpaired) electrons. The number of hydrogen-bond acceptors (Lipinski definition) is 3. The van der Waals surface area contributed by atoms with E-state index in [1.807, 2.05) is 18.2 Å². The Morgan fingerprint density at radius 2 is 0.951 bits per heavy atom. The van der Waals surface area contributed by atoms with Crippen LogP contribution < -0.4 is 0 Å². The van der Waals surface area contributed by atoms with E-state index in [0.717, 1.165) is 99.4 Å². The normalized spacial score (nSPS) is 11.9. The third kappa shape index (κ3) is 5.08. The van der Waals surface area contributed by atoms with E-state index >= 15 is 0 Å². The molecule has 0 amide bonds. The molecule has 5 heteroatoms. The highest BCUT2D eigenvalue weighted by atomic mass is 16.3. The highest BCUT2D eigenvalue weighted by Gasteiger charge is 2.24. The summed E-state index contributed by atoms with van der Waals surface area (Å²) in [6.45, 7) is 0. The van der Waals surface area contributed by atoms with Gasteiger partial charge in [0.25, 0.3) is 0 Å². The summed E-state index contributed by atoms with van der Waals surface area (Å²) in [5.74, 6) is 0.685. The Bertz CT molecular complexity index is 3880. The molecule has 0 atom stereocenters. The van der Waals surface area contributed by atoms with Gasteiger partial charge < -0.3 is 13.6 Å². The van der Waals surface area contributed by atoms with Gasteiger partial charge in [0.2, 0.25) is 0 Å². The molecular weight excluding hydrogens is 745 g/mol. The lowest BCUT2D eigenvalue weighted by Gasteiger charge is -2.14. The summed E-state index contributed by atoms with van der Waals surface area (Å²) in [5.41, 5.74) is 14.5. The molecule has 284 valence electrons. The number of fused-ring (bicyclic) bond motifs is 12. The zero-order valence-corrected chi connectivity index (χ0v) is 32.8. The average Bonchev–Trinajstić information content (AvgIpc) is 4.00. The van der Waals surface area contributed by atoms with Gasteiger partial charge in [0.05, 0.1) is 38.7 Å². The maximum absolute atomic E-state index is 6.80. The van der Waals surface area contributed by atoms with E-state index in [1.165, 1.54) is 16.3 Å². The highest BCUT2D eigenvalue weighted by Crippen LogP contribution is 2.46. The van der Waals surface area contributed by atoms with Crippen molar-refractivity contribution in [3.8, 4) is 45.1 Å². The van der Waals surface area contributed by atoms with E-state index in [9.17, 15) is 0 Å². The molecule has 4 heterocycles. The molecule has 0 unspecified atom stereocenters. The monoisotopic (exact) mass is 778 g/mol. The van der Waals surface area contributed by atoms with Gasteiger partial charge in [0, 0.05) is 54.8 Å². The van der Waals surface area contributed by atoms with Gasteiger partial charge >= 0.3 is 0 Å². The number of para-hydroxylation sites is 3. The number of furan rings is 1. The molecule has 13 aromatic rings. The molecule has 13 rings (SSSR count). The molecule has 9 aromatic carbocycles. The fraction of sp³-hybridized carbons (Fsp3) is 0. The van der Waals surface area contributed by atoms with Crippen LogP contribution in [-0.4, -0.2) is 19.1 Å². The van der Waals surface area contributed by atoms with Crippen molar-refractivity contribution in [2.45, 2.75) is 0 Å². The van der Waals surface area contributed by atoms with Crippen LogP contribution in [0.4, 0.5) is 0 Å². The van der Waals surface area contributed by atoms with Crippen LogP contribution in [0.25, 0.3) is 122 Å². The predicted octanol–water partition coefficient (Wildman–Crippen LogP) is 14.7. The van der Waals surface area contributed by atoms with E-state index in [1.54, 1.807) is 0 Å². The minimum absolute atomic E-state index is 0.685. The molecule has 0 aliphatic heterocycles. The molecular formula is C56H34N4O. The van der Waals surface area contributed by atoms with E-state index in [0.29, 0.717) is 5.82 Å². The zero-order chi connectivity index (χ0) is 40.0. The van der Waals surface area contributed by atoms with Gasteiger partial charge in [-0.3, -0.25) is 0 Å². The second kappa shape index (κ2) is 13.1.